The van der Waals surface area contributed by atoms with Gasteiger partial charge in [0.2, 0.25) is 11.8 Å². The number of benzene rings is 1. The lowest BCUT2D eigenvalue weighted by molar-refractivity contribution is -0.135. The third-order valence-corrected chi connectivity index (χ3v) is 6.23. The maximum atomic E-state index is 12.6. The second-order valence-corrected chi connectivity index (χ2v) is 10.0. The number of anilines is 1. The van der Waals surface area contributed by atoms with Crippen LogP contribution >= 0.6 is 0 Å². The summed E-state index contributed by atoms with van der Waals surface area (Å²) < 4.78 is 0. The first-order valence-electron chi connectivity index (χ1n) is 11.1. The van der Waals surface area contributed by atoms with Crippen molar-refractivity contribution < 1.29 is 9.59 Å². The van der Waals surface area contributed by atoms with Gasteiger partial charge in [0.25, 0.3) is 0 Å². The Morgan fingerprint density at radius 2 is 1.55 bits per heavy atom. The second-order valence-electron chi connectivity index (χ2n) is 10.0. The van der Waals surface area contributed by atoms with E-state index >= 15 is 0 Å². The maximum absolute atomic E-state index is 12.6. The molecule has 1 aromatic carbocycles. The number of hydrogen-bond donors (Lipinski definition) is 1. The molecule has 2 amide bonds. The first kappa shape index (κ1) is 21.8. The summed E-state index contributed by atoms with van der Waals surface area (Å²) in [7, 11) is 0. The van der Waals surface area contributed by atoms with Crippen molar-refractivity contribution in [3.8, 4) is 0 Å². The molecule has 1 N–H and O–H groups in total. The minimum atomic E-state index is 0.0506. The summed E-state index contributed by atoms with van der Waals surface area (Å²) in [5, 5.41) is 3.07. The molecule has 0 radical (unpaired) electrons. The van der Waals surface area contributed by atoms with Gasteiger partial charge in [-0.05, 0) is 63.2 Å². The van der Waals surface area contributed by atoms with Gasteiger partial charge in [0.1, 0.15) is 0 Å². The summed E-state index contributed by atoms with van der Waals surface area (Å²) >= 11 is 0. The molecule has 5 heteroatoms. The van der Waals surface area contributed by atoms with Crippen molar-refractivity contribution >= 4 is 17.5 Å². The third-order valence-electron chi connectivity index (χ3n) is 6.23. The number of piperidine rings is 2. The zero-order chi connectivity index (χ0) is 21.0. The van der Waals surface area contributed by atoms with Gasteiger partial charge in [0.05, 0.1) is 0 Å². The highest BCUT2D eigenvalue weighted by molar-refractivity contribution is 5.92. The Labute approximate surface area is 175 Å². The zero-order valence-corrected chi connectivity index (χ0v) is 18.5. The first-order chi connectivity index (χ1) is 13.7. The van der Waals surface area contributed by atoms with E-state index in [9.17, 15) is 9.59 Å². The fourth-order valence-corrected chi connectivity index (χ4v) is 4.45. The largest absolute Gasteiger partial charge is 0.343 e. The number of likely N-dealkylation sites (tertiary alicyclic amines) is 2. The topological polar surface area (TPSA) is 52.7 Å². The van der Waals surface area contributed by atoms with E-state index in [2.05, 4.69) is 31.0 Å². The number of amides is 2. The van der Waals surface area contributed by atoms with Crippen molar-refractivity contribution in [2.75, 3.05) is 31.5 Å². The monoisotopic (exact) mass is 399 g/mol. The van der Waals surface area contributed by atoms with Gasteiger partial charge in [-0.25, -0.2) is 0 Å². The van der Waals surface area contributed by atoms with E-state index in [0.29, 0.717) is 18.4 Å². The Morgan fingerprint density at radius 3 is 2.10 bits per heavy atom. The molecule has 2 saturated heterocycles. The molecule has 3 rings (SSSR count). The van der Waals surface area contributed by atoms with Crippen LogP contribution in [0.2, 0.25) is 0 Å². The van der Waals surface area contributed by atoms with Gasteiger partial charge >= 0.3 is 0 Å². The second kappa shape index (κ2) is 9.29. The Hall–Kier alpha value is -1.88. The molecule has 2 heterocycles. The Bertz CT molecular complexity index is 692. The van der Waals surface area contributed by atoms with Crippen molar-refractivity contribution in [2.45, 2.75) is 65.8 Å². The molecule has 1 aromatic rings. The van der Waals surface area contributed by atoms with Crippen LogP contribution in [0, 0.1) is 18.3 Å². The number of nitrogens with zero attached hydrogens (tertiary/aromatic N) is 2. The summed E-state index contributed by atoms with van der Waals surface area (Å²) in [5.74, 6) is 0.541. The molecule has 2 fully saturated rings. The van der Waals surface area contributed by atoms with E-state index < -0.39 is 0 Å². The van der Waals surface area contributed by atoms with E-state index in [0.717, 1.165) is 57.5 Å². The predicted molar refractivity (Wildman–Crippen MR) is 118 cm³/mol. The summed E-state index contributed by atoms with van der Waals surface area (Å²) in [4.78, 5) is 29.6. The molecular weight excluding hydrogens is 362 g/mol. The van der Waals surface area contributed by atoms with Crippen molar-refractivity contribution in [3.63, 3.8) is 0 Å². The maximum Gasteiger partial charge on any atom is 0.227 e. The molecule has 0 saturated carbocycles. The molecule has 0 aliphatic carbocycles. The fraction of sp³-hybridized carbons (Fsp3) is 0.667. The molecule has 5 nitrogen and oxygen atoms in total. The minimum absolute atomic E-state index is 0.0506. The van der Waals surface area contributed by atoms with E-state index in [1.807, 2.05) is 36.1 Å². The average Bonchev–Trinajstić information content (AvgIpc) is 2.69. The van der Waals surface area contributed by atoms with E-state index in [-0.39, 0.29) is 17.2 Å². The lowest BCUT2D eigenvalue weighted by Gasteiger charge is -2.42. The van der Waals surface area contributed by atoms with E-state index in [1.165, 1.54) is 5.56 Å². The lowest BCUT2D eigenvalue weighted by Crippen LogP contribution is -2.50. The van der Waals surface area contributed by atoms with Crippen LogP contribution in [0.15, 0.2) is 24.3 Å². The Balaban J connectivity index is 1.41. The van der Waals surface area contributed by atoms with Crippen LogP contribution in [-0.2, 0) is 9.59 Å². The summed E-state index contributed by atoms with van der Waals surface area (Å²) in [6.07, 6.45) is 4.56. The number of nitrogens with one attached hydrogen (secondary N) is 1. The standard InChI is InChI=1S/C24H37N3O2/c1-18-5-7-20(8-6-18)25-23(29)19-9-13-26(14-10-19)21-11-15-27(16-12-21)22(28)17-24(2,3)4/h5-8,19,21H,9-17H2,1-4H3,(H,25,29). The Kier molecular flexibility index (Phi) is 6.99. The zero-order valence-electron chi connectivity index (χ0n) is 18.5. The van der Waals surface area contributed by atoms with Crippen LogP contribution in [-0.4, -0.2) is 53.8 Å². The fourth-order valence-electron chi connectivity index (χ4n) is 4.45. The van der Waals surface area contributed by atoms with Crippen LogP contribution in [0.25, 0.3) is 0 Å². The highest BCUT2D eigenvalue weighted by atomic mass is 16.2. The number of carbonyl (C=O) groups is 2. The van der Waals surface area contributed by atoms with Crippen molar-refractivity contribution in [2.24, 2.45) is 11.3 Å². The molecule has 29 heavy (non-hydrogen) atoms. The van der Waals surface area contributed by atoms with Crippen LogP contribution in [0.5, 0.6) is 0 Å². The summed E-state index contributed by atoms with van der Waals surface area (Å²) in [5.41, 5.74) is 2.13. The molecule has 160 valence electrons. The number of hydrogen-bond acceptors (Lipinski definition) is 3. The van der Waals surface area contributed by atoms with Gasteiger partial charge in [-0.15, -0.1) is 0 Å². The third kappa shape index (κ3) is 6.30. The SMILES string of the molecule is Cc1ccc(NC(=O)C2CCN(C3CCN(C(=O)CC(C)(C)C)CC3)CC2)cc1. The molecule has 2 aliphatic rings. The van der Waals surface area contributed by atoms with Gasteiger partial charge in [0.15, 0.2) is 0 Å². The van der Waals surface area contributed by atoms with Crippen LogP contribution in [0.4, 0.5) is 5.69 Å². The van der Waals surface area contributed by atoms with Crippen molar-refractivity contribution in [1.29, 1.82) is 0 Å². The van der Waals surface area contributed by atoms with Gasteiger partial charge < -0.3 is 15.1 Å². The van der Waals surface area contributed by atoms with Gasteiger partial charge in [-0.1, -0.05) is 38.5 Å². The van der Waals surface area contributed by atoms with Crippen LogP contribution in [0.3, 0.4) is 0 Å². The smallest absolute Gasteiger partial charge is 0.227 e. The van der Waals surface area contributed by atoms with Gasteiger partial charge in [-0.3, -0.25) is 9.59 Å². The number of carbonyl (C=O) groups excluding carboxylic acids is 2. The molecule has 2 aliphatic heterocycles. The molecular formula is C24H37N3O2. The van der Waals surface area contributed by atoms with Gasteiger partial charge in [0, 0.05) is 37.2 Å². The van der Waals surface area contributed by atoms with E-state index in [1.54, 1.807) is 0 Å². The Morgan fingerprint density at radius 1 is 0.966 bits per heavy atom. The predicted octanol–water partition coefficient (Wildman–Crippen LogP) is 4.07. The average molecular weight is 400 g/mol. The quantitative estimate of drug-likeness (QED) is 0.830. The molecule has 0 unspecified atom stereocenters. The van der Waals surface area contributed by atoms with Gasteiger partial charge in [-0.2, -0.15) is 0 Å². The first-order valence-corrected chi connectivity index (χ1v) is 11.1. The lowest BCUT2D eigenvalue weighted by atomic mass is 9.90. The van der Waals surface area contributed by atoms with Crippen LogP contribution in [0.1, 0.15) is 58.4 Å². The molecule has 0 spiro atoms. The minimum Gasteiger partial charge on any atom is -0.343 e. The van der Waals surface area contributed by atoms with E-state index in [4.69, 9.17) is 0 Å². The highest BCUT2D eigenvalue weighted by Crippen LogP contribution is 2.26. The van der Waals surface area contributed by atoms with Crippen molar-refractivity contribution in [1.82, 2.24) is 9.80 Å². The van der Waals surface area contributed by atoms with Crippen LogP contribution < -0.4 is 5.32 Å². The summed E-state index contributed by atoms with van der Waals surface area (Å²) in [6, 6.07) is 8.54. The molecule has 0 aromatic heterocycles. The number of rotatable bonds is 4. The van der Waals surface area contributed by atoms with Crippen molar-refractivity contribution in [3.05, 3.63) is 29.8 Å². The molecule has 0 atom stereocenters. The summed E-state index contributed by atoms with van der Waals surface area (Å²) in [6.45, 7) is 12.1. The molecule has 0 bridgehead atoms. The normalized spacial score (nSPS) is 19.9. The number of aryl methyl sites for hydroxylation is 1. The highest BCUT2D eigenvalue weighted by Gasteiger charge is 2.32.